The topological polar surface area (TPSA) is 75.3 Å². The summed E-state index contributed by atoms with van der Waals surface area (Å²) in [6, 6.07) is 8.05. The van der Waals surface area contributed by atoms with Crippen molar-refractivity contribution >= 4 is 19.0 Å². The van der Waals surface area contributed by atoms with Gasteiger partial charge in [-0.05, 0) is 89.4 Å². The lowest BCUT2D eigenvalue weighted by atomic mass is 9.79. The number of allylic oxidation sites excluding steroid dienone is 2. The fourth-order valence-corrected chi connectivity index (χ4v) is 4.75. The van der Waals surface area contributed by atoms with E-state index >= 15 is 0 Å². The van der Waals surface area contributed by atoms with Gasteiger partial charge < -0.3 is 28.8 Å². The second-order valence-corrected chi connectivity index (χ2v) is 11.3. The van der Waals surface area contributed by atoms with E-state index in [2.05, 4.69) is 46.2 Å². The fourth-order valence-electron chi connectivity index (χ4n) is 4.75. The highest BCUT2D eigenvalue weighted by atomic mass is 16.7. The van der Waals surface area contributed by atoms with Crippen LogP contribution < -0.4 is 15.5 Å². The van der Waals surface area contributed by atoms with Crippen molar-refractivity contribution in [1.29, 1.82) is 0 Å². The molecule has 214 valence electrons. The molecule has 1 saturated heterocycles. The molecule has 3 rings (SSSR count). The number of benzene rings is 1. The molecular formula is C31H46BNO6. The van der Waals surface area contributed by atoms with Crippen LogP contribution in [0.4, 0.5) is 0 Å². The third-order valence-corrected chi connectivity index (χ3v) is 7.86. The van der Waals surface area contributed by atoms with Crippen LogP contribution in [0.25, 0.3) is 0 Å². The molecule has 1 N–H and O–H groups in total. The van der Waals surface area contributed by atoms with Gasteiger partial charge in [0.2, 0.25) is 6.41 Å². The summed E-state index contributed by atoms with van der Waals surface area (Å²) in [4.78, 5) is 10.7. The minimum Gasteiger partial charge on any atom is -0.490 e. The highest BCUT2D eigenvalue weighted by Gasteiger charge is 2.51. The summed E-state index contributed by atoms with van der Waals surface area (Å²) >= 11 is 0. The van der Waals surface area contributed by atoms with Crippen LogP contribution in [0.3, 0.4) is 0 Å². The monoisotopic (exact) mass is 539 g/mol. The highest BCUT2D eigenvalue weighted by Crippen LogP contribution is 2.36. The van der Waals surface area contributed by atoms with Crippen molar-refractivity contribution in [2.24, 2.45) is 0 Å². The number of ether oxygens (including phenoxy) is 3. The molecule has 1 aliphatic heterocycles. The predicted octanol–water partition coefficient (Wildman–Crippen LogP) is 4.90. The summed E-state index contributed by atoms with van der Waals surface area (Å²) in [5, 5.41) is 2.74. The van der Waals surface area contributed by atoms with Crippen LogP contribution in [0.15, 0.2) is 61.2 Å². The van der Waals surface area contributed by atoms with Crippen LogP contribution in [0.2, 0.25) is 0 Å². The smallest absolute Gasteiger partial charge is 0.490 e. The molecule has 1 aliphatic carbocycles. The van der Waals surface area contributed by atoms with Crippen LogP contribution in [0.5, 0.6) is 5.75 Å². The van der Waals surface area contributed by atoms with E-state index in [4.69, 9.17) is 23.5 Å². The van der Waals surface area contributed by atoms with Crippen molar-refractivity contribution in [3.63, 3.8) is 0 Å². The molecule has 1 aromatic rings. The molecule has 1 amide bonds. The molecule has 2 fully saturated rings. The Morgan fingerprint density at radius 3 is 2.28 bits per heavy atom. The molecule has 7 nitrogen and oxygen atoms in total. The molecule has 1 atom stereocenters. The maximum Gasteiger partial charge on any atom is 0.494 e. The maximum atomic E-state index is 10.7. The van der Waals surface area contributed by atoms with Gasteiger partial charge in [0.15, 0.2) is 0 Å². The molecule has 0 spiro atoms. The number of carbonyl (C=O) groups excluding carboxylic acids is 1. The highest BCUT2D eigenvalue weighted by molar-refractivity contribution is 6.62. The zero-order valence-electron chi connectivity index (χ0n) is 24.2. The Hall–Kier alpha value is -2.39. The molecule has 0 bridgehead atoms. The minimum atomic E-state index is -0.371. The Labute approximate surface area is 235 Å². The summed E-state index contributed by atoms with van der Waals surface area (Å²) in [5.41, 5.74) is 1.27. The second-order valence-electron chi connectivity index (χ2n) is 11.3. The van der Waals surface area contributed by atoms with Crippen LogP contribution in [-0.4, -0.2) is 62.8 Å². The lowest BCUT2D eigenvalue weighted by Crippen LogP contribution is -2.41. The van der Waals surface area contributed by atoms with Gasteiger partial charge in [-0.2, -0.15) is 0 Å². The van der Waals surface area contributed by atoms with Crippen molar-refractivity contribution in [2.45, 2.75) is 95.7 Å². The largest absolute Gasteiger partial charge is 0.494 e. The molecule has 1 heterocycles. The third-order valence-electron chi connectivity index (χ3n) is 7.86. The first-order chi connectivity index (χ1) is 18.7. The first kappa shape index (κ1) is 31.1. The van der Waals surface area contributed by atoms with Gasteiger partial charge in [-0.25, -0.2) is 0 Å². The third kappa shape index (κ3) is 9.35. The van der Waals surface area contributed by atoms with Gasteiger partial charge in [0, 0.05) is 13.2 Å². The maximum absolute atomic E-state index is 10.7. The molecular weight excluding hydrogens is 493 g/mol. The zero-order valence-corrected chi connectivity index (χ0v) is 24.2. The number of amides is 1. The number of rotatable bonds is 16. The molecule has 0 aromatic heterocycles. The zero-order chi connectivity index (χ0) is 28.3. The van der Waals surface area contributed by atoms with E-state index in [-0.39, 0.29) is 36.6 Å². The van der Waals surface area contributed by atoms with Gasteiger partial charge in [-0.3, -0.25) is 4.79 Å². The lowest BCUT2D eigenvalue weighted by Gasteiger charge is -2.32. The van der Waals surface area contributed by atoms with Crippen LogP contribution >= 0.6 is 0 Å². The molecule has 1 saturated carbocycles. The van der Waals surface area contributed by atoms with Gasteiger partial charge in [0.1, 0.15) is 5.75 Å². The molecule has 0 radical (unpaired) electrons. The minimum absolute atomic E-state index is 0.0259. The summed E-state index contributed by atoms with van der Waals surface area (Å²) in [7, 11) is -0.371. The first-order valence-corrected chi connectivity index (χ1v) is 14.1. The average Bonchev–Trinajstić information content (AvgIpc) is 3.13. The molecule has 1 aromatic carbocycles. The lowest BCUT2D eigenvalue weighted by molar-refractivity contribution is -0.109. The standard InChI is InChI=1S/C31H46BNO6/c1-7-9-24(8-2)22-35-21-19-29(18-20-33-23-34)37-28-16-14-27(15-17-28)36-26-12-10-25(11-13-26)32-38-30(3,4)31(5,6)39-32/h7-13,23,27-29H,1-2,14-22H2,3-6H3,(H,33,34)/b24-9+. The normalized spacial score (nSPS) is 23.2. The fraction of sp³-hybridized carbons (Fsp3) is 0.581. The van der Waals surface area contributed by atoms with E-state index in [0.29, 0.717) is 19.8 Å². The summed E-state index contributed by atoms with van der Waals surface area (Å²) < 4.78 is 30.9. The van der Waals surface area contributed by atoms with Gasteiger partial charge >= 0.3 is 7.12 Å². The summed E-state index contributed by atoms with van der Waals surface area (Å²) in [6.07, 6.45) is 11.8. The molecule has 39 heavy (non-hydrogen) atoms. The van der Waals surface area contributed by atoms with Crippen LogP contribution in [0, 0.1) is 0 Å². The molecule has 8 heteroatoms. The Morgan fingerprint density at radius 2 is 1.69 bits per heavy atom. The Bertz CT molecular complexity index is 936. The Balaban J connectivity index is 1.43. The van der Waals surface area contributed by atoms with Crippen LogP contribution in [0.1, 0.15) is 66.2 Å². The first-order valence-electron chi connectivity index (χ1n) is 14.1. The number of hydrogen-bond acceptors (Lipinski definition) is 6. The van der Waals surface area contributed by atoms with E-state index in [1.807, 2.05) is 30.3 Å². The van der Waals surface area contributed by atoms with Gasteiger partial charge in [-0.15, -0.1) is 0 Å². The van der Waals surface area contributed by atoms with E-state index in [0.717, 1.165) is 61.7 Å². The van der Waals surface area contributed by atoms with Gasteiger partial charge in [0.25, 0.3) is 0 Å². The van der Waals surface area contributed by atoms with Crippen molar-refractivity contribution in [3.8, 4) is 5.75 Å². The summed E-state index contributed by atoms with van der Waals surface area (Å²) in [6.45, 7) is 17.4. The summed E-state index contributed by atoms with van der Waals surface area (Å²) in [5.74, 6) is 0.860. The number of nitrogens with one attached hydrogen (secondary N) is 1. The Morgan fingerprint density at radius 1 is 1.05 bits per heavy atom. The number of carbonyl (C=O) groups is 1. The van der Waals surface area contributed by atoms with Crippen molar-refractivity contribution in [1.82, 2.24) is 5.32 Å². The number of hydrogen-bond donors (Lipinski definition) is 1. The van der Waals surface area contributed by atoms with E-state index in [9.17, 15) is 4.79 Å². The Kier molecular flexibility index (Phi) is 11.9. The average molecular weight is 540 g/mol. The van der Waals surface area contributed by atoms with Crippen molar-refractivity contribution in [2.75, 3.05) is 19.8 Å². The molecule has 2 aliphatic rings. The predicted molar refractivity (Wildman–Crippen MR) is 156 cm³/mol. The van der Waals surface area contributed by atoms with Gasteiger partial charge in [-0.1, -0.05) is 43.5 Å². The molecule has 1 unspecified atom stereocenters. The SMILES string of the molecule is C=C/C=C(\C=C)COCCC(CCNC=O)OC1CCC(Oc2ccc(B3OC(C)(C)C(C)(C)O3)cc2)CC1. The van der Waals surface area contributed by atoms with Crippen LogP contribution in [-0.2, 0) is 23.6 Å². The quantitative estimate of drug-likeness (QED) is 0.139. The van der Waals surface area contributed by atoms with Gasteiger partial charge in [0.05, 0.1) is 36.1 Å². The van der Waals surface area contributed by atoms with E-state index < -0.39 is 0 Å². The second kappa shape index (κ2) is 14.8. The van der Waals surface area contributed by atoms with E-state index in [1.54, 1.807) is 12.2 Å². The van der Waals surface area contributed by atoms with Crippen molar-refractivity contribution < 1.29 is 28.3 Å². The van der Waals surface area contributed by atoms with E-state index in [1.165, 1.54) is 0 Å². The van der Waals surface area contributed by atoms with Crippen molar-refractivity contribution in [3.05, 3.63) is 61.2 Å².